The largest absolute Gasteiger partial charge is 0.368 e. The first-order chi connectivity index (χ1) is 12.1. The van der Waals surface area contributed by atoms with Crippen LogP contribution in [0.5, 0.6) is 0 Å². The third-order valence-electron chi connectivity index (χ3n) is 4.32. The number of ether oxygens (including phenoxy) is 1. The summed E-state index contributed by atoms with van der Waals surface area (Å²) in [6.45, 7) is 3.12. The number of aromatic amines is 1. The van der Waals surface area contributed by atoms with Crippen LogP contribution in [-0.2, 0) is 4.74 Å². The minimum absolute atomic E-state index is 0.172. The number of hydrogen-bond donors (Lipinski definition) is 1. The van der Waals surface area contributed by atoms with Crippen molar-refractivity contribution in [3.8, 4) is 0 Å². The number of benzene rings is 1. The summed E-state index contributed by atoms with van der Waals surface area (Å²) in [5.74, 6) is 0.123. The van der Waals surface area contributed by atoms with E-state index in [1.54, 1.807) is 35.4 Å². The van der Waals surface area contributed by atoms with E-state index in [1.165, 1.54) is 6.07 Å². The normalized spacial score (nSPS) is 17.8. The topological polar surface area (TPSA) is 71.1 Å². The van der Waals surface area contributed by atoms with E-state index in [-0.39, 0.29) is 17.8 Å². The van der Waals surface area contributed by atoms with E-state index in [4.69, 9.17) is 4.74 Å². The van der Waals surface area contributed by atoms with Crippen LogP contribution in [0, 0.1) is 12.7 Å². The fourth-order valence-corrected chi connectivity index (χ4v) is 3.07. The van der Waals surface area contributed by atoms with Crippen molar-refractivity contribution < 1.29 is 13.9 Å². The van der Waals surface area contributed by atoms with E-state index in [0.717, 1.165) is 5.69 Å². The molecule has 1 atom stereocenters. The van der Waals surface area contributed by atoms with E-state index in [2.05, 4.69) is 15.0 Å². The molecule has 3 aromatic rings. The van der Waals surface area contributed by atoms with Crippen LogP contribution in [0.3, 0.4) is 0 Å². The number of halogens is 1. The minimum Gasteiger partial charge on any atom is -0.368 e. The third kappa shape index (κ3) is 2.98. The van der Waals surface area contributed by atoms with Crippen molar-refractivity contribution in [3.63, 3.8) is 0 Å². The first-order valence-corrected chi connectivity index (χ1v) is 8.09. The molecule has 25 heavy (non-hydrogen) atoms. The lowest BCUT2D eigenvalue weighted by atomic mass is 10.2. The molecule has 0 spiro atoms. The summed E-state index contributed by atoms with van der Waals surface area (Å²) >= 11 is 0. The molecule has 0 aliphatic carbocycles. The van der Waals surface area contributed by atoms with Gasteiger partial charge in [0, 0.05) is 18.1 Å². The number of hydrogen-bond acceptors (Lipinski definition) is 4. The molecule has 1 aliphatic heterocycles. The van der Waals surface area contributed by atoms with Crippen LogP contribution in [0.2, 0.25) is 0 Å². The number of morpholine rings is 1. The maximum atomic E-state index is 13.8. The first-order valence-electron chi connectivity index (χ1n) is 8.09. The zero-order chi connectivity index (χ0) is 17.4. The zero-order valence-electron chi connectivity index (χ0n) is 13.7. The second-order valence-electron chi connectivity index (χ2n) is 6.03. The van der Waals surface area contributed by atoms with Gasteiger partial charge in [0.2, 0.25) is 0 Å². The number of nitrogens with one attached hydrogen (secondary N) is 1. The molecule has 1 aliphatic rings. The van der Waals surface area contributed by atoms with Gasteiger partial charge in [0.05, 0.1) is 24.4 Å². The lowest BCUT2D eigenvalue weighted by Crippen LogP contribution is -2.42. The number of carbonyl (C=O) groups is 1. The number of amides is 1. The monoisotopic (exact) mass is 340 g/mol. The molecule has 2 aromatic heterocycles. The fourth-order valence-electron chi connectivity index (χ4n) is 3.07. The molecule has 1 saturated heterocycles. The van der Waals surface area contributed by atoms with E-state index < -0.39 is 0 Å². The maximum Gasteiger partial charge on any atom is 0.270 e. The van der Waals surface area contributed by atoms with Crippen LogP contribution in [0.1, 0.15) is 28.1 Å². The van der Waals surface area contributed by atoms with Crippen LogP contribution in [0.25, 0.3) is 10.9 Å². The maximum absolute atomic E-state index is 13.8. The lowest BCUT2D eigenvalue weighted by Gasteiger charge is -2.32. The Balaban J connectivity index is 1.57. The Labute approximate surface area is 143 Å². The van der Waals surface area contributed by atoms with E-state index >= 15 is 0 Å². The minimum atomic E-state index is -0.368. The smallest absolute Gasteiger partial charge is 0.270 e. The Morgan fingerprint density at radius 3 is 3.08 bits per heavy atom. The van der Waals surface area contributed by atoms with Gasteiger partial charge in [-0.05, 0) is 25.1 Å². The van der Waals surface area contributed by atoms with Crippen molar-refractivity contribution in [2.75, 3.05) is 19.7 Å². The van der Waals surface area contributed by atoms with Gasteiger partial charge in [-0.1, -0.05) is 12.1 Å². The summed E-state index contributed by atoms with van der Waals surface area (Å²) in [4.78, 5) is 25.9. The van der Waals surface area contributed by atoms with E-state index in [9.17, 15) is 9.18 Å². The number of H-pyrrole nitrogens is 1. The number of para-hydroxylation sites is 1. The van der Waals surface area contributed by atoms with E-state index in [0.29, 0.717) is 42.1 Å². The Bertz CT molecular complexity index is 940. The fraction of sp³-hybridized carbons (Fsp3) is 0.278. The highest BCUT2D eigenvalue weighted by Gasteiger charge is 2.28. The molecule has 7 heteroatoms. The first kappa shape index (κ1) is 15.7. The molecular formula is C18H17FN4O2. The highest BCUT2D eigenvalue weighted by atomic mass is 19.1. The van der Waals surface area contributed by atoms with Gasteiger partial charge in [0.15, 0.2) is 0 Å². The molecule has 1 aromatic carbocycles. The SMILES string of the molecule is Cc1nccc([C@H]2CN(C(=O)c3cc4cccc(F)c4[nH]3)CCO2)n1. The lowest BCUT2D eigenvalue weighted by molar-refractivity contribution is -0.0250. The number of carbonyl (C=O) groups excluding carboxylic acids is 1. The quantitative estimate of drug-likeness (QED) is 0.778. The third-order valence-corrected chi connectivity index (χ3v) is 4.32. The van der Waals surface area contributed by atoms with Crippen LogP contribution in [0.15, 0.2) is 36.5 Å². The van der Waals surface area contributed by atoms with Crippen LogP contribution in [0.4, 0.5) is 4.39 Å². The summed E-state index contributed by atoms with van der Waals surface area (Å²) < 4.78 is 19.6. The molecule has 0 bridgehead atoms. The zero-order valence-corrected chi connectivity index (χ0v) is 13.7. The summed E-state index contributed by atoms with van der Waals surface area (Å²) in [6.07, 6.45) is 1.39. The molecule has 0 unspecified atom stereocenters. The molecule has 1 fully saturated rings. The average molecular weight is 340 g/mol. The average Bonchev–Trinajstić information content (AvgIpc) is 3.07. The van der Waals surface area contributed by atoms with Gasteiger partial charge in [0.25, 0.3) is 5.91 Å². The molecule has 3 heterocycles. The summed E-state index contributed by atoms with van der Waals surface area (Å²) in [5.41, 5.74) is 1.48. The number of nitrogens with zero attached hydrogens (tertiary/aromatic N) is 3. The van der Waals surface area contributed by atoms with Gasteiger partial charge in [-0.15, -0.1) is 0 Å². The van der Waals surface area contributed by atoms with Gasteiger partial charge in [-0.25, -0.2) is 14.4 Å². The van der Waals surface area contributed by atoms with Gasteiger partial charge in [-0.3, -0.25) is 4.79 Å². The standard InChI is InChI=1S/C18H17FN4O2/c1-11-20-6-5-14(21-11)16-10-23(7-8-25-16)18(24)15-9-12-3-2-4-13(19)17(12)22-15/h2-6,9,16,22H,7-8,10H2,1H3/t16-/m1/s1. The van der Waals surface area contributed by atoms with Crippen molar-refractivity contribution in [2.24, 2.45) is 0 Å². The van der Waals surface area contributed by atoms with E-state index in [1.807, 2.05) is 6.92 Å². The van der Waals surface area contributed by atoms with Crippen LogP contribution in [-0.4, -0.2) is 45.5 Å². The number of fused-ring (bicyclic) bond motifs is 1. The molecule has 0 radical (unpaired) electrons. The van der Waals surface area contributed by atoms with Crippen LogP contribution >= 0.6 is 0 Å². The molecule has 0 saturated carbocycles. The highest BCUT2D eigenvalue weighted by Crippen LogP contribution is 2.23. The van der Waals surface area contributed by atoms with Crippen molar-refractivity contribution in [1.29, 1.82) is 0 Å². The van der Waals surface area contributed by atoms with Gasteiger partial charge in [-0.2, -0.15) is 0 Å². The molecule has 128 valence electrons. The summed E-state index contributed by atoms with van der Waals surface area (Å²) in [6, 6.07) is 8.25. The molecule has 6 nitrogen and oxygen atoms in total. The van der Waals surface area contributed by atoms with Gasteiger partial charge >= 0.3 is 0 Å². The second-order valence-corrected chi connectivity index (χ2v) is 6.03. The second kappa shape index (κ2) is 6.25. The van der Waals surface area contributed by atoms with Crippen molar-refractivity contribution in [1.82, 2.24) is 19.9 Å². The predicted octanol–water partition coefficient (Wildman–Crippen LogP) is 2.62. The Kier molecular flexibility index (Phi) is 3.93. The summed E-state index contributed by atoms with van der Waals surface area (Å²) in [7, 11) is 0. The molecular weight excluding hydrogens is 323 g/mol. The Hall–Kier alpha value is -2.80. The van der Waals surface area contributed by atoms with Crippen molar-refractivity contribution in [2.45, 2.75) is 13.0 Å². The Morgan fingerprint density at radius 2 is 2.28 bits per heavy atom. The molecule has 4 rings (SSSR count). The Morgan fingerprint density at radius 1 is 1.40 bits per heavy atom. The predicted molar refractivity (Wildman–Crippen MR) is 89.6 cm³/mol. The summed E-state index contributed by atoms with van der Waals surface area (Å²) in [5, 5.41) is 0.680. The highest BCUT2D eigenvalue weighted by molar-refractivity contribution is 5.98. The van der Waals surface area contributed by atoms with Crippen molar-refractivity contribution >= 4 is 16.8 Å². The molecule has 1 amide bonds. The van der Waals surface area contributed by atoms with Crippen molar-refractivity contribution in [3.05, 3.63) is 59.6 Å². The number of aryl methyl sites for hydroxylation is 1. The van der Waals surface area contributed by atoms with Gasteiger partial charge < -0.3 is 14.6 Å². The number of rotatable bonds is 2. The van der Waals surface area contributed by atoms with Gasteiger partial charge in [0.1, 0.15) is 23.4 Å². The number of aromatic nitrogens is 3. The van der Waals surface area contributed by atoms with Crippen LogP contribution < -0.4 is 0 Å². The molecule has 1 N–H and O–H groups in total.